The van der Waals surface area contributed by atoms with Crippen LogP contribution >= 0.6 is 0 Å². The number of hydrogen-bond acceptors (Lipinski definition) is 4. The van der Waals surface area contributed by atoms with E-state index in [1.807, 2.05) is 44.2 Å². The predicted octanol–water partition coefficient (Wildman–Crippen LogP) is 4.12. The van der Waals surface area contributed by atoms with Crippen LogP contribution < -0.4 is 14.4 Å². The van der Waals surface area contributed by atoms with Crippen LogP contribution in [0.25, 0.3) is 0 Å². The van der Waals surface area contributed by atoms with Gasteiger partial charge in [0.2, 0.25) is 0 Å². The lowest BCUT2D eigenvalue weighted by Gasteiger charge is -2.32. The number of nitriles is 1. The van der Waals surface area contributed by atoms with Crippen LogP contribution in [-0.4, -0.2) is 20.3 Å². The molecule has 0 amide bonds. The van der Waals surface area contributed by atoms with Gasteiger partial charge >= 0.3 is 0 Å². The average molecular weight is 296 g/mol. The number of methoxy groups -OCH3 is 1. The van der Waals surface area contributed by atoms with Crippen molar-refractivity contribution in [1.82, 2.24) is 0 Å². The molecule has 3 rings (SSSR count). The fourth-order valence-electron chi connectivity index (χ4n) is 2.39. The first kappa shape index (κ1) is 15.7. The fourth-order valence-corrected chi connectivity index (χ4v) is 2.39. The summed E-state index contributed by atoms with van der Waals surface area (Å²) in [4.78, 5) is 2.15. The molecule has 2 aromatic carbocycles. The van der Waals surface area contributed by atoms with Gasteiger partial charge in [-0.1, -0.05) is 26.0 Å². The Morgan fingerprint density at radius 1 is 1.14 bits per heavy atom. The van der Waals surface area contributed by atoms with Crippen LogP contribution in [0.15, 0.2) is 42.5 Å². The Bertz CT molecular complexity index is 677. The van der Waals surface area contributed by atoms with E-state index in [2.05, 4.69) is 11.0 Å². The highest BCUT2D eigenvalue weighted by Crippen LogP contribution is 2.40. The molecule has 0 saturated heterocycles. The molecule has 0 saturated carbocycles. The first-order valence-corrected chi connectivity index (χ1v) is 7.41. The van der Waals surface area contributed by atoms with Crippen molar-refractivity contribution in [1.29, 1.82) is 5.26 Å². The summed E-state index contributed by atoms with van der Waals surface area (Å²) in [6.45, 7) is 5.37. The summed E-state index contributed by atoms with van der Waals surface area (Å²) in [5, 5.41) is 8.98. The van der Waals surface area contributed by atoms with E-state index in [0.717, 1.165) is 23.7 Å². The molecule has 4 nitrogen and oxygen atoms in total. The monoisotopic (exact) mass is 296 g/mol. The summed E-state index contributed by atoms with van der Waals surface area (Å²) in [6.07, 6.45) is 0. The Kier molecular flexibility index (Phi) is 5.26. The zero-order valence-corrected chi connectivity index (χ0v) is 13.2. The third kappa shape index (κ3) is 2.99. The molecule has 0 bridgehead atoms. The van der Waals surface area contributed by atoms with Gasteiger partial charge in [0, 0.05) is 6.07 Å². The molecule has 1 aliphatic rings. The number of nitrogens with zero attached hydrogens (tertiary/aromatic N) is 2. The Morgan fingerprint density at radius 2 is 1.91 bits per heavy atom. The average Bonchev–Trinajstić information content (AvgIpc) is 2.62. The largest absolute Gasteiger partial charge is 0.495 e. The summed E-state index contributed by atoms with van der Waals surface area (Å²) in [5.41, 5.74) is 2.55. The maximum absolute atomic E-state index is 8.98. The van der Waals surface area contributed by atoms with Gasteiger partial charge in [0.15, 0.2) is 0 Å². The lowest BCUT2D eigenvalue weighted by molar-refractivity contribution is 0.313. The smallest absolute Gasteiger partial charge is 0.143 e. The molecule has 1 heterocycles. The Balaban J connectivity index is 0.000000847. The third-order valence-corrected chi connectivity index (χ3v) is 3.33. The summed E-state index contributed by atoms with van der Waals surface area (Å²) < 4.78 is 11.1. The summed E-state index contributed by atoms with van der Waals surface area (Å²) in [5.74, 6) is 1.56. The minimum atomic E-state index is 0.590. The van der Waals surface area contributed by atoms with Gasteiger partial charge in [0.1, 0.15) is 18.1 Å². The second-order valence-corrected chi connectivity index (χ2v) is 4.47. The van der Waals surface area contributed by atoms with Crippen LogP contribution in [0.2, 0.25) is 0 Å². The van der Waals surface area contributed by atoms with Gasteiger partial charge in [-0.15, -0.1) is 0 Å². The molecule has 4 heteroatoms. The van der Waals surface area contributed by atoms with Crippen LogP contribution in [0.4, 0.5) is 11.4 Å². The zero-order valence-electron chi connectivity index (χ0n) is 13.2. The van der Waals surface area contributed by atoms with Gasteiger partial charge in [-0.05, 0) is 24.3 Å². The number of hydrogen-bond donors (Lipinski definition) is 0. The van der Waals surface area contributed by atoms with Crippen molar-refractivity contribution in [2.24, 2.45) is 0 Å². The van der Waals surface area contributed by atoms with E-state index in [4.69, 9.17) is 14.7 Å². The molecule has 1 aliphatic heterocycles. The van der Waals surface area contributed by atoms with E-state index in [0.29, 0.717) is 17.9 Å². The molecule has 114 valence electrons. The predicted molar refractivity (Wildman–Crippen MR) is 88.0 cm³/mol. The van der Waals surface area contributed by atoms with Crippen LogP contribution in [-0.2, 0) is 0 Å². The van der Waals surface area contributed by atoms with Crippen LogP contribution in [0.1, 0.15) is 19.4 Å². The second-order valence-electron chi connectivity index (χ2n) is 4.47. The van der Waals surface area contributed by atoms with Gasteiger partial charge in [0.05, 0.1) is 36.7 Å². The number of para-hydroxylation sites is 2. The van der Waals surface area contributed by atoms with E-state index in [-0.39, 0.29) is 0 Å². The number of ether oxygens (including phenoxy) is 2. The maximum atomic E-state index is 8.98. The lowest BCUT2D eigenvalue weighted by atomic mass is 10.1. The Morgan fingerprint density at radius 3 is 2.64 bits per heavy atom. The minimum Gasteiger partial charge on any atom is -0.495 e. The molecule has 2 aromatic rings. The van der Waals surface area contributed by atoms with Crippen molar-refractivity contribution in [3.05, 3.63) is 48.0 Å². The SMILES string of the molecule is CC.COc1cc(C#N)ccc1N1CCOc2ccccc21. The summed E-state index contributed by atoms with van der Waals surface area (Å²) in [7, 11) is 1.62. The molecular weight excluding hydrogens is 276 g/mol. The zero-order chi connectivity index (χ0) is 15.9. The van der Waals surface area contributed by atoms with E-state index < -0.39 is 0 Å². The normalized spacial score (nSPS) is 12.2. The Hall–Kier alpha value is -2.67. The first-order chi connectivity index (χ1) is 10.8. The van der Waals surface area contributed by atoms with Gasteiger partial charge in [0.25, 0.3) is 0 Å². The van der Waals surface area contributed by atoms with Crippen molar-refractivity contribution in [2.45, 2.75) is 13.8 Å². The number of rotatable bonds is 2. The number of benzene rings is 2. The third-order valence-electron chi connectivity index (χ3n) is 3.33. The maximum Gasteiger partial charge on any atom is 0.143 e. The van der Waals surface area contributed by atoms with Gasteiger partial charge in [-0.2, -0.15) is 5.26 Å². The standard InChI is InChI=1S/C16H14N2O2.C2H6/c1-19-16-10-12(11-17)6-7-14(16)18-8-9-20-15-5-3-2-4-13(15)18;1-2/h2-7,10H,8-9H2,1H3;1-2H3. The summed E-state index contributed by atoms with van der Waals surface area (Å²) in [6, 6.07) is 15.5. The molecule has 0 atom stereocenters. The van der Waals surface area contributed by atoms with Gasteiger partial charge in [-0.3, -0.25) is 0 Å². The molecule has 0 radical (unpaired) electrons. The molecule has 0 fully saturated rings. The number of anilines is 2. The number of fused-ring (bicyclic) bond motifs is 1. The molecule has 0 spiro atoms. The lowest BCUT2D eigenvalue weighted by Crippen LogP contribution is -2.28. The summed E-state index contributed by atoms with van der Waals surface area (Å²) >= 11 is 0. The van der Waals surface area contributed by atoms with Crippen molar-refractivity contribution in [2.75, 3.05) is 25.2 Å². The van der Waals surface area contributed by atoms with Gasteiger partial charge < -0.3 is 14.4 Å². The Labute approximate surface area is 131 Å². The van der Waals surface area contributed by atoms with Crippen molar-refractivity contribution in [3.8, 4) is 17.6 Å². The minimum absolute atomic E-state index is 0.590. The van der Waals surface area contributed by atoms with Crippen molar-refractivity contribution >= 4 is 11.4 Å². The van der Waals surface area contributed by atoms with E-state index in [1.54, 1.807) is 19.2 Å². The van der Waals surface area contributed by atoms with E-state index in [9.17, 15) is 0 Å². The highest BCUT2D eigenvalue weighted by molar-refractivity contribution is 5.75. The van der Waals surface area contributed by atoms with Crippen molar-refractivity contribution in [3.63, 3.8) is 0 Å². The van der Waals surface area contributed by atoms with E-state index in [1.165, 1.54) is 0 Å². The first-order valence-electron chi connectivity index (χ1n) is 7.41. The van der Waals surface area contributed by atoms with Gasteiger partial charge in [-0.25, -0.2) is 0 Å². The second kappa shape index (κ2) is 7.37. The fraction of sp³-hybridized carbons (Fsp3) is 0.278. The van der Waals surface area contributed by atoms with Crippen LogP contribution in [0.5, 0.6) is 11.5 Å². The molecule has 0 aliphatic carbocycles. The van der Waals surface area contributed by atoms with Crippen LogP contribution in [0.3, 0.4) is 0 Å². The van der Waals surface area contributed by atoms with E-state index >= 15 is 0 Å². The molecule has 22 heavy (non-hydrogen) atoms. The topological polar surface area (TPSA) is 45.5 Å². The van der Waals surface area contributed by atoms with Crippen molar-refractivity contribution < 1.29 is 9.47 Å². The molecule has 0 N–H and O–H groups in total. The van der Waals surface area contributed by atoms with Crippen LogP contribution in [0, 0.1) is 11.3 Å². The highest BCUT2D eigenvalue weighted by Gasteiger charge is 2.21. The quantitative estimate of drug-likeness (QED) is 0.836. The molecular formula is C18H20N2O2. The molecule has 0 aromatic heterocycles. The highest BCUT2D eigenvalue weighted by atomic mass is 16.5. The molecule has 0 unspecified atom stereocenters.